The molecule has 0 spiro atoms. The van der Waals surface area contributed by atoms with Gasteiger partial charge in [-0.15, -0.1) is 0 Å². The van der Waals surface area contributed by atoms with E-state index in [4.69, 9.17) is 4.74 Å². The molecule has 18 heavy (non-hydrogen) atoms. The van der Waals surface area contributed by atoms with Gasteiger partial charge < -0.3 is 9.84 Å². The van der Waals surface area contributed by atoms with Gasteiger partial charge in [0.25, 0.3) is 0 Å². The minimum Gasteiger partial charge on any atom is -0.384 e. The molecule has 0 bridgehead atoms. The zero-order valence-corrected chi connectivity index (χ0v) is 10.8. The van der Waals surface area contributed by atoms with Crippen LogP contribution in [-0.4, -0.2) is 21.5 Å². The Balaban J connectivity index is 1.76. The van der Waals surface area contributed by atoms with E-state index in [0.717, 1.165) is 30.6 Å². The molecule has 3 rings (SSSR count). The van der Waals surface area contributed by atoms with Crippen LogP contribution in [0.5, 0.6) is 0 Å². The molecule has 1 aliphatic heterocycles. The molecule has 1 N–H and O–H groups in total. The maximum atomic E-state index is 10.2. The fraction of sp³-hybridized carbons (Fsp3) is 0.462. The third-order valence-electron chi connectivity index (χ3n) is 3.25. The van der Waals surface area contributed by atoms with Crippen molar-refractivity contribution >= 4 is 11.3 Å². The highest BCUT2D eigenvalue weighted by Crippen LogP contribution is 2.26. The zero-order chi connectivity index (χ0) is 12.4. The number of thiophene rings is 1. The van der Waals surface area contributed by atoms with Crippen molar-refractivity contribution in [1.29, 1.82) is 0 Å². The quantitative estimate of drug-likeness (QED) is 0.927. The lowest BCUT2D eigenvalue weighted by atomic mass is 10.1. The fourth-order valence-electron chi connectivity index (χ4n) is 2.21. The van der Waals surface area contributed by atoms with E-state index in [0.29, 0.717) is 0 Å². The number of rotatable bonds is 3. The number of ether oxygens (including phenoxy) is 1. The summed E-state index contributed by atoms with van der Waals surface area (Å²) in [7, 11) is 0. The van der Waals surface area contributed by atoms with Gasteiger partial charge in [-0.3, -0.25) is 0 Å². The summed E-state index contributed by atoms with van der Waals surface area (Å²) in [5.74, 6) is 0. The zero-order valence-electron chi connectivity index (χ0n) is 10.0. The summed E-state index contributed by atoms with van der Waals surface area (Å²) in [5.41, 5.74) is 1.74. The maximum absolute atomic E-state index is 10.2. The smallest absolute Gasteiger partial charge is 0.150 e. The van der Waals surface area contributed by atoms with Crippen molar-refractivity contribution in [3.63, 3.8) is 0 Å². The van der Waals surface area contributed by atoms with Crippen molar-refractivity contribution in [3.8, 4) is 0 Å². The van der Waals surface area contributed by atoms with Crippen molar-refractivity contribution in [2.75, 3.05) is 6.61 Å². The second-order valence-electron chi connectivity index (χ2n) is 4.53. The lowest BCUT2D eigenvalue weighted by Crippen LogP contribution is -2.18. The minimum atomic E-state index is -0.589. The van der Waals surface area contributed by atoms with E-state index < -0.39 is 6.10 Å². The lowest BCUT2D eigenvalue weighted by molar-refractivity contribution is -0.0395. The van der Waals surface area contributed by atoms with Gasteiger partial charge in [-0.1, -0.05) is 0 Å². The largest absolute Gasteiger partial charge is 0.384 e. The van der Waals surface area contributed by atoms with Crippen LogP contribution in [0.4, 0.5) is 0 Å². The average molecular weight is 264 g/mol. The van der Waals surface area contributed by atoms with E-state index in [1.807, 2.05) is 27.7 Å². The van der Waals surface area contributed by atoms with Crippen LogP contribution in [-0.2, 0) is 4.74 Å². The van der Waals surface area contributed by atoms with Crippen molar-refractivity contribution in [2.24, 2.45) is 0 Å². The van der Waals surface area contributed by atoms with Crippen molar-refractivity contribution in [2.45, 2.75) is 31.6 Å². The molecule has 0 aromatic carbocycles. The van der Waals surface area contributed by atoms with Crippen LogP contribution in [0.25, 0.3) is 0 Å². The molecule has 5 heteroatoms. The molecule has 1 aliphatic rings. The van der Waals surface area contributed by atoms with E-state index in [9.17, 15) is 5.11 Å². The van der Waals surface area contributed by atoms with Crippen LogP contribution in [0, 0.1) is 0 Å². The molecule has 1 saturated heterocycles. The van der Waals surface area contributed by atoms with Crippen LogP contribution in [0.15, 0.2) is 29.2 Å². The Morgan fingerprint density at radius 1 is 1.44 bits per heavy atom. The molecule has 2 unspecified atom stereocenters. The lowest BCUT2D eigenvalue weighted by Gasteiger charge is -2.22. The van der Waals surface area contributed by atoms with Gasteiger partial charge in [0.1, 0.15) is 12.3 Å². The molecule has 2 aromatic heterocycles. The molecule has 2 atom stereocenters. The summed E-state index contributed by atoms with van der Waals surface area (Å²) in [4.78, 5) is 0. The number of hydrogen-bond donors (Lipinski definition) is 1. The first-order valence-electron chi connectivity index (χ1n) is 6.20. The molecule has 3 heterocycles. The Morgan fingerprint density at radius 2 is 2.39 bits per heavy atom. The SMILES string of the molecule is OC(c1ccsc1)c1cnn(C2CCCCO2)c1. The second-order valence-corrected chi connectivity index (χ2v) is 5.31. The Hall–Kier alpha value is -1.17. The van der Waals surface area contributed by atoms with Crippen LogP contribution >= 0.6 is 11.3 Å². The molecule has 0 radical (unpaired) electrons. The first-order valence-corrected chi connectivity index (χ1v) is 7.15. The number of nitrogens with zero attached hydrogens (tertiary/aromatic N) is 2. The number of aromatic nitrogens is 2. The third-order valence-corrected chi connectivity index (χ3v) is 3.95. The summed E-state index contributed by atoms with van der Waals surface area (Å²) in [6.07, 6.45) is 6.35. The summed E-state index contributed by atoms with van der Waals surface area (Å²) >= 11 is 1.59. The summed E-state index contributed by atoms with van der Waals surface area (Å²) in [6, 6.07) is 1.93. The van der Waals surface area contributed by atoms with Crippen molar-refractivity contribution in [3.05, 3.63) is 40.3 Å². The summed E-state index contributed by atoms with van der Waals surface area (Å²) < 4.78 is 7.49. The normalized spacial score (nSPS) is 21.9. The van der Waals surface area contributed by atoms with Crippen LogP contribution in [0.2, 0.25) is 0 Å². The van der Waals surface area contributed by atoms with Gasteiger partial charge in [0.15, 0.2) is 0 Å². The Kier molecular flexibility index (Phi) is 3.45. The van der Waals surface area contributed by atoms with Gasteiger partial charge >= 0.3 is 0 Å². The topological polar surface area (TPSA) is 47.3 Å². The molecule has 0 aliphatic carbocycles. The first-order chi connectivity index (χ1) is 8.84. The minimum absolute atomic E-state index is 0.0298. The molecular weight excluding hydrogens is 248 g/mol. The molecule has 0 saturated carbocycles. The molecule has 1 fully saturated rings. The van der Waals surface area contributed by atoms with E-state index in [2.05, 4.69) is 5.10 Å². The maximum Gasteiger partial charge on any atom is 0.150 e. The number of aliphatic hydroxyl groups is 1. The highest BCUT2D eigenvalue weighted by atomic mass is 32.1. The number of aliphatic hydroxyl groups excluding tert-OH is 1. The van der Waals surface area contributed by atoms with E-state index in [1.54, 1.807) is 17.5 Å². The van der Waals surface area contributed by atoms with E-state index >= 15 is 0 Å². The van der Waals surface area contributed by atoms with Gasteiger partial charge in [0.2, 0.25) is 0 Å². The number of hydrogen-bond acceptors (Lipinski definition) is 4. The predicted molar refractivity (Wildman–Crippen MR) is 69.4 cm³/mol. The first kappa shape index (κ1) is 11.9. The third kappa shape index (κ3) is 2.34. The predicted octanol–water partition coefficient (Wildman–Crippen LogP) is 2.73. The van der Waals surface area contributed by atoms with E-state index in [-0.39, 0.29) is 6.23 Å². The van der Waals surface area contributed by atoms with Crippen LogP contribution in [0.1, 0.15) is 42.7 Å². The van der Waals surface area contributed by atoms with Gasteiger partial charge in [-0.2, -0.15) is 16.4 Å². The summed E-state index contributed by atoms with van der Waals surface area (Å²) in [6.45, 7) is 0.799. The van der Waals surface area contributed by atoms with Crippen LogP contribution < -0.4 is 0 Å². The van der Waals surface area contributed by atoms with Gasteiger partial charge in [-0.25, -0.2) is 4.68 Å². The molecule has 4 nitrogen and oxygen atoms in total. The van der Waals surface area contributed by atoms with Crippen LogP contribution in [0.3, 0.4) is 0 Å². The van der Waals surface area contributed by atoms with Crippen molar-refractivity contribution in [1.82, 2.24) is 9.78 Å². The van der Waals surface area contributed by atoms with Gasteiger partial charge in [-0.05, 0) is 41.7 Å². The molecule has 96 valence electrons. The monoisotopic (exact) mass is 264 g/mol. The summed E-state index contributed by atoms with van der Waals surface area (Å²) in [5, 5.41) is 18.4. The Bertz CT molecular complexity index is 489. The Labute approximate surface area is 110 Å². The highest BCUT2D eigenvalue weighted by molar-refractivity contribution is 7.07. The molecule has 2 aromatic rings. The van der Waals surface area contributed by atoms with Crippen molar-refractivity contribution < 1.29 is 9.84 Å². The molecule has 0 amide bonds. The van der Waals surface area contributed by atoms with E-state index in [1.165, 1.54) is 6.42 Å². The highest BCUT2D eigenvalue weighted by Gasteiger charge is 2.19. The Morgan fingerprint density at radius 3 is 3.11 bits per heavy atom. The average Bonchev–Trinajstić information content (AvgIpc) is 3.10. The molecular formula is C13H16N2O2S. The van der Waals surface area contributed by atoms with Gasteiger partial charge in [0, 0.05) is 18.4 Å². The second kappa shape index (κ2) is 5.22. The van der Waals surface area contributed by atoms with Gasteiger partial charge in [0.05, 0.1) is 6.20 Å². The fourth-order valence-corrected chi connectivity index (χ4v) is 2.89. The standard InChI is InChI=1S/C13H16N2O2S/c16-13(10-4-6-18-9-10)11-7-14-15(8-11)12-3-1-2-5-17-12/h4,6-9,12-13,16H,1-3,5H2.